The van der Waals surface area contributed by atoms with Crippen LogP contribution in [0, 0.1) is 11.3 Å². The molecule has 1 aromatic heterocycles. The highest BCUT2D eigenvalue weighted by molar-refractivity contribution is 6.32. The quantitative estimate of drug-likeness (QED) is 0.780. The van der Waals surface area contributed by atoms with Crippen molar-refractivity contribution in [1.82, 2.24) is 4.98 Å². The molecule has 0 atom stereocenters. The van der Waals surface area contributed by atoms with E-state index in [4.69, 9.17) is 16.9 Å². The van der Waals surface area contributed by atoms with Crippen molar-refractivity contribution in [3.63, 3.8) is 0 Å². The molecule has 1 heterocycles. The van der Waals surface area contributed by atoms with E-state index in [0.717, 1.165) is 16.6 Å². The molecule has 1 N–H and O–H groups in total. The second kappa shape index (κ2) is 5.82. The summed E-state index contributed by atoms with van der Waals surface area (Å²) in [5.74, 6) is 0. The zero-order valence-electron chi connectivity index (χ0n) is 11.2. The zero-order valence-corrected chi connectivity index (χ0v) is 11.9. The number of fused-ring (bicyclic) bond motifs is 1. The van der Waals surface area contributed by atoms with Crippen LogP contribution in [0.15, 0.2) is 54.9 Å². The highest BCUT2D eigenvalue weighted by atomic mass is 35.5. The minimum atomic E-state index is 0.457. The number of nitrogens with zero attached hydrogens (tertiary/aromatic N) is 2. The van der Waals surface area contributed by atoms with Crippen LogP contribution in [-0.2, 0) is 6.54 Å². The number of anilines is 1. The summed E-state index contributed by atoms with van der Waals surface area (Å²) in [6.45, 7) is 0.649. The molecule has 3 nitrogen and oxygen atoms in total. The van der Waals surface area contributed by atoms with Gasteiger partial charge < -0.3 is 5.32 Å². The Morgan fingerprint density at radius 1 is 1.14 bits per heavy atom. The maximum atomic E-state index is 8.87. The molecule has 0 radical (unpaired) electrons. The Morgan fingerprint density at radius 3 is 2.81 bits per heavy atom. The second-order valence-corrected chi connectivity index (χ2v) is 5.09. The average Bonchev–Trinajstić information content (AvgIpc) is 2.53. The summed E-state index contributed by atoms with van der Waals surface area (Å²) in [7, 11) is 0. The molecular weight excluding hydrogens is 282 g/mol. The van der Waals surface area contributed by atoms with Crippen LogP contribution in [0.4, 0.5) is 5.69 Å². The summed E-state index contributed by atoms with van der Waals surface area (Å²) in [6, 6.07) is 15.5. The zero-order chi connectivity index (χ0) is 14.7. The van der Waals surface area contributed by atoms with Gasteiger partial charge in [-0.25, -0.2) is 0 Å². The molecule has 0 amide bonds. The number of nitriles is 1. The number of aromatic nitrogens is 1. The number of hydrogen-bond acceptors (Lipinski definition) is 3. The summed E-state index contributed by atoms with van der Waals surface area (Å²) in [6.07, 6.45) is 3.72. The van der Waals surface area contributed by atoms with Crippen LogP contribution in [0.5, 0.6) is 0 Å². The minimum Gasteiger partial charge on any atom is -0.381 e. The van der Waals surface area contributed by atoms with E-state index in [9.17, 15) is 0 Å². The van der Waals surface area contributed by atoms with Gasteiger partial charge in [0, 0.05) is 30.0 Å². The number of nitrogens with one attached hydrogen (secondary N) is 1. The van der Waals surface area contributed by atoms with Crippen molar-refractivity contribution < 1.29 is 0 Å². The van der Waals surface area contributed by atoms with Gasteiger partial charge in [-0.15, -0.1) is 0 Å². The Bertz CT molecular complexity index is 832. The maximum absolute atomic E-state index is 8.87. The first-order chi connectivity index (χ1) is 10.3. The molecule has 21 heavy (non-hydrogen) atoms. The van der Waals surface area contributed by atoms with E-state index in [1.807, 2.05) is 36.7 Å². The summed E-state index contributed by atoms with van der Waals surface area (Å²) in [4.78, 5) is 4.26. The first kappa shape index (κ1) is 13.4. The van der Waals surface area contributed by atoms with E-state index in [-0.39, 0.29) is 0 Å². The monoisotopic (exact) mass is 293 g/mol. The van der Waals surface area contributed by atoms with E-state index in [1.54, 1.807) is 12.1 Å². The number of halogens is 1. The van der Waals surface area contributed by atoms with Gasteiger partial charge in [0.1, 0.15) is 6.07 Å². The highest BCUT2D eigenvalue weighted by Crippen LogP contribution is 2.22. The van der Waals surface area contributed by atoms with E-state index in [0.29, 0.717) is 17.1 Å². The van der Waals surface area contributed by atoms with Crippen LogP contribution >= 0.6 is 11.6 Å². The van der Waals surface area contributed by atoms with Crippen molar-refractivity contribution in [2.75, 3.05) is 5.32 Å². The lowest BCUT2D eigenvalue weighted by Gasteiger charge is -2.09. The Labute approximate surface area is 127 Å². The van der Waals surface area contributed by atoms with Crippen molar-refractivity contribution >= 4 is 28.1 Å². The van der Waals surface area contributed by atoms with E-state index < -0.39 is 0 Å². The number of hydrogen-bond donors (Lipinski definition) is 1. The molecule has 0 aliphatic rings. The van der Waals surface area contributed by atoms with Crippen molar-refractivity contribution in [2.45, 2.75) is 6.54 Å². The van der Waals surface area contributed by atoms with Crippen LogP contribution in [0.1, 0.15) is 11.1 Å². The normalized spacial score (nSPS) is 10.3. The van der Waals surface area contributed by atoms with Crippen LogP contribution in [0.3, 0.4) is 0 Å². The van der Waals surface area contributed by atoms with Gasteiger partial charge in [-0.3, -0.25) is 4.98 Å². The molecule has 0 aliphatic carbocycles. The van der Waals surface area contributed by atoms with E-state index in [1.165, 1.54) is 5.39 Å². The van der Waals surface area contributed by atoms with Gasteiger partial charge in [0.05, 0.1) is 10.6 Å². The van der Waals surface area contributed by atoms with Crippen molar-refractivity contribution in [2.24, 2.45) is 0 Å². The fourth-order valence-electron chi connectivity index (χ4n) is 2.23. The smallest absolute Gasteiger partial charge is 0.101 e. The Balaban J connectivity index is 1.84. The molecule has 3 aromatic rings. The van der Waals surface area contributed by atoms with Crippen LogP contribution in [0.25, 0.3) is 10.8 Å². The van der Waals surface area contributed by atoms with Crippen LogP contribution in [0.2, 0.25) is 5.02 Å². The van der Waals surface area contributed by atoms with Gasteiger partial charge in [-0.1, -0.05) is 35.9 Å². The summed E-state index contributed by atoms with van der Waals surface area (Å²) in [5, 5.41) is 14.9. The Morgan fingerprint density at radius 2 is 2.00 bits per heavy atom. The molecule has 0 spiro atoms. The van der Waals surface area contributed by atoms with E-state index in [2.05, 4.69) is 22.4 Å². The molecule has 0 aliphatic heterocycles. The fourth-order valence-corrected chi connectivity index (χ4v) is 2.46. The largest absolute Gasteiger partial charge is 0.381 e. The molecule has 0 unspecified atom stereocenters. The molecule has 0 bridgehead atoms. The first-order valence-electron chi connectivity index (χ1n) is 6.53. The third-order valence-corrected chi connectivity index (χ3v) is 3.64. The van der Waals surface area contributed by atoms with Gasteiger partial charge in [0.15, 0.2) is 0 Å². The minimum absolute atomic E-state index is 0.457. The molecule has 4 heteroatoms. The predicted molar refractivity (Wildman–Crippen MR) is 85.2 cm³/mol. The lowest BCUT2D eigenvalue weighted by molar-refractivity contribution is 1.14. The Hall–Kier alpha value is -2.57. The molecule has 0 fully saturated rings. The van der Waals surface area contributed by atoms with Gasteiger partial charge >= 0.3 is 0 Å². The molecular formula is C17H12ClN3. The van der Waals surface area contributed by atoms with Gasteiger partial charge in [-0.05, 0) is 29.1 Å². The van der Waals surface area contributed by atoms with Gasteiger partial charge in [0.25, 0.3) is 0 Å². The topological polar surface area (TPSA) is 48.7 Å². The lowest BCUT2D eigenvalue weighted by atomic mass is 10.1. The second-order valence-electron chi connectivity index (χ2n) is 4.68. The SMILES string of the molecule is N#Cc1ccc(NCc2cncc3ccccc23)cc1Cl. The number of rotatable bonds is 3. The number of benzene rings is 2. The van der Waals surface area contributed by atoms with Gasteiger partial charge in [0.2, 0.25) is 0 Å². The van der Waals surface area contributed by atoms with Crippen LogP contribution < -0.4 is 5.32 Å². The third kappa shape index (κ3) is 2.81. The molecule has 0 saturated carbocycles. The predicted octanol–water partition coefficient (Wildman–Crippen LogP) is 4.37. The standard InChI is InChI=1S/C17H12ClN3/c18-17-7-15(6-5-12(17)8-19)21-11-14-10-20-9-13-3-1-2-4-16(13)14/h1-7,9-10,21H,11H2. The summed E-state index contributed by atoms with van der Waals surface area (Å²) < 4.78 is 0. The van der Waals surface area contributed by atoms with Crippen LogP contribution in [-0.4, -0.2) is 4.98 Å². The summed E-state index contributed by atoms with van der Waals surface area (Å²) in [5.41, 5.74) is 2.48. The van der Waals surface area contributed by atoms with E-state index >= 15 is 0 Å². The first-order valence-corrected chi connectivity index (χ1v) is 6.91. The van der Waals surface area contributed by atoms with Crippen molar-refractivity contribution in [3.05, 3.63) is 71.0 Å². The third-order valence-electron chi connectivity index (χ3n) is 3.32. The van der Waals surface area contributed by atoms with Crippen molar-refractivity contribution in [1.29, 1.82) is 5.26 Å². The highest BCUT2D eigenvalue weighted by Gasteiger charge is 2.03. The average molecular weight is 294 g/mol. The molecule has 2 aromatic carbocycles. The fraction of sp³-hybridized carbons (Fsp3) is 0.0588. The van der Waals surface area contributed by atoms with Gasteiger partial charge in [-0.2, -0.15) is 5.26 Å². The summed E-state index contributed by atoms with van der Waals surface area (Å²) >= 11 is 6.03. The molecule has 102 valence electrons. The molecule has 0 saturated heterocycles. The molecule has 3 rings (SSSR count). The maximum Gasteiger partial charge on any atom is 0.101 e. The number of pyridine rings is 1. The Kier molecular flexibility index (Phi) is 3.72. The lowest BCUT2D eigenvalue weighted by Crippen LogP contribution is -2.01. The van der Waals surface area contributed by atoms with Crippen molar-refractivity contribution in [3.8, 4) is 6.07 Å².